The van der Waals surface area contributed by atoms with Crippen LogP contribution >= 0.6 is 0 Å². The largest absolute Gasteiger partial charge is 0.459 e. The van der Waals surface area contributed by atoms with Gasteiger partial charge in [-0.05, 0) is 64.2 Å². The normalized spacial score (nSPS) is 37.4. The Kier molecular flexibility index (Phi) is 7.46. The molecule has 8 nitrogen and oxygen atoms in total. The fraction of sp³-hybridized carbons (Fsp3) is 0.926. The van der Waals surface area contributed by atoms with Crippen molar-refractivity contribution in [3.8, 4) is 0 Å². The molecule has 3 saturated carbocycles. The lowest BCUT2D eigenvalue weighted by Crippen LogP contribution is -2.49. The molecule has 5 rings (SSSR count). The molecule has 2 heterocycles. The maximum absolute atomic E-state index is 13.6. The second-order valence-corrected chi connectivity index (χ2v) is 11.7. The summed E-state index contributed by atoms with van der Waals surface area (Å²) in [6, 6.07) is 0. The number of morpholine rings is 1. The van der Waals surface area contributed by atoms with Gasteiger partial charge in [0.2, 0.25) is 0 Å². The molecule has 2 saturated heterocycles. The quantitative estimate of drug-likeness (QED) is 0.339. The second kappa shape index (κ2) is 10.3. The van der Waals surface area contributed by atoms with Crippen LogP contribution in [0.4, 0.5) is 0 Å². The van der Waals surface area contributed by atoms with E-state index in [0.717, 1.165) is 71.4 Å². The van der Waals surface area contributed by atoms with Crippen molar-refractivity contribution in [1.82, 2.24) is 4.90 Å². The van der Waals surface area contributed by atoms with Crippen LogP contribution in [-0.4, -0.2) is 86.8 Å². The molecule has 0 aromatic carbocycles. The van der Waals surface area contributed by atoms with E-state index in [1.807, 2.05) is 13.8 Å². The molecule has 3 aliphatic carbocycles. The highest BCUT2D eigenvalue weighted by Crippen LogP contribution is 2.63. The molecule has 6 atom stereocenters. The minimum Gasteiger partial charge on any atom is -0.459 e. The fourth-order valence-corrected chi connectivity index (χ4v) is 7.75. The van der Waals surface area contributed by atoms with Gasteiger partial charge in [-0.2, -0.15) is 0 Å². The van der Waals surface area contributed by atoms with Crippen molar-refractivity contribution >= 4 is 11.9 Å². The van der Waals surface area contributed by atoms with Crippen LogP contribution in [0, 0.1) is 29.6 Å². The fourth-order valence-electron chi connectivity index (χ4n) is 7.75. The van der Waals surface area contributed by atoms with E-state index in [-0.39, 0.29) is 47.3 Å². The third-order valence-electron chi connectivity index (χ3n) is 9.47. The number of ether oxygens (including phenoxy) is 5. The highest BCUT2D eigenvalue weighted by atomic mass is 16.6. The highest BCUT2D eigenvalue weighted by molar-refractivity contribution is 5.81. The monoisotopic (exact) mass is 493 g/mol. The molecule has 5 aliphatic rings. The van der Waals surface area contributed by atoms with Gasteiger partial charge >= 0.3 is 11.9 Å². The van der Waals surface area contributed by atoms with E-state index in [0.29, 0.717) is 19.8 Å². The first-order valence-electron chi connectivity index (χ1n) is 13.8. The number of carbonyl (C=O) groups is 2. The summed E-state index contributed by atoms with van der Waals surface area (Å²) in [5.74, 6) is -0.800. The summed E-state index contributed by atoms with van der Waals surface area (Å²) in [6.45, 7) is 12.1. The molecule has 2 bridgehead atoms. The minimum absolute atomic E-state index is 0.0608. The van der Waals surface area contributed by atoms with Crippen LogP contribution in [0.5, 0.6) is 0 Å². The molecule has 2 aliphatic heterocycles. The van der Waals surface area contributed by atoms with Crippen molar-refractivity contribution < 1.29 is 33.3 Å². The summed E-state index contributed by atoms with van der Waals surface area (Å²) in [4.78, 5) is 28.8. The topological polar surface area (TPSA) is 83.5 Å². The lowest BCUT2D eigenvalue weighted by atomic mass is 9.68. The summed E-state index contributed by atoms with van der Waals surface area (Å²) >= 11 is 0. The molecular weight excluding hydrogens is 450 g/mol. The zero-order valence-corrected chi connectivity index (χ0v) is 21.7. The van der Waals surface area contributed by atoms with E-state index in [1.54, 1.807) is 0 Å². The van der Waals surface area contributed by atoms with Gasteiger partial charge in [-0.3, -0.25) is 14.5 Å². The van der Waals surface area contributed by atoms with Crippen LogP contribution < -0.4 is 0 Å². The number of hydrogen-bond acceptors (Lipinski definition) is 8. The zero-order chi connectivity index (χ0) is 24.6. The lowest BCUT2D eigenvalue weighted by molar-refractivity contribution is -0.177. The maximum atomic E-state index is 13.6. The van der Waals surface area contributed by atoms with Crippen molar-refractivity contribution in [2.24, 2.45) is 29.6 Å². The molecule has 35 heavy (non-hydrogen) atoms. The van der Waals surface area contributed by atoms with Crippen molar-refractivity contribution in [1.29, 1.82) is 0 Å². The zero-order valence-electron chi connectivity index (χ0n) is 21.7. The molecule has 5 fully saturated rings. The van der Waals surface area contributed by atoms with Crippen LogP contribution in [0.1, 0.15) is 59.3 Å². The first-order chi connectivity index (χ1) is 16.9. The molecule has 0 spiro atoms. The number of rotatable bonds is 10. The average Bonchev–Trinajstić information content (AvgIpc) is 3.59. The van der Waals surface area contributed by atoms with Gasteiger partial charge in [0.15, 0.2) is 0 Å². The van der Waals surface area contributed by atoms with E-state index >= 15 is 0 Å². The summed E-state index contributed by atoms with van der Waals surface area (Å²) in [6.07, 6.45) is 5.48. The number of fused-ring (bicyclic) bond motifs is 5. The van der Waals surface area contributed by atoms with Gasteiger partial charge in [-0.1, -0.05) is 6.92 Å². The molecule has 6 unspecified atom stereocenters. The predicted octanol–water partition coefficient (Wildman–Crippen LogP) is 2.82. The van der Waals surface area contributed by atoms with Gasteiger partial charge < -0.3 is 23.7 Å². The standard InChI is InChI=1S/C27H43NO7/c1-4-27(7-5-6-8-27)35-25(30)21-18-17-19(22-20(18)24(29)34-26(22,2)3)23(21)33-16-15-32-14-11-28-9-12-31-13-10-28/h18-23H,4-17H2,1-3H3. The van der Waals surface area contributed by atoms with Gasteiger partial charge in [-0.25, -0.2) is 0 Å². The molecule has 8 heteroatoms. The number of carbonyl (C=O) groups excluding carboxylic acids is 2. The number of esters is 2. The number of hydrogen-bond donors (Lipinski definition) is 0. The maximum Gasteiger partial charge on any atom is 0.312 e. The van der Waals surface area contributed by atoms with Gasteiger partial charge in [0.1, 0.15) is 11.2 Å². The third kappa shape index (κ3) is 4.88. The Morgan fingerprint density at radius 1 is 1.09 bits per heavy atom. The summed E-state index contributed by atoms with van der Waals surface area (Å²) < 4.78 is 29.7. The van der Waals surface area contributed by atoms with E-state index in [9.17, 15) is 9.59 Å². The van der Waals surface area contributed by atoms with Crippen molar-refractivity contribution in [2.75, 3.05) is 52.7 Å². The molecular formula is C27H43NO7. The molecule has 0 N–H and O–H groups in total. The Morgan fingerprint density at radius 3 is 2.54 bits per heavy atom. The van der Waals surface area contributed by atoms with E-state index < -0.39 is 11.5 Å². The van der Waals surface area contributed by atoms with Gasteiger partial charge in [0.25, 0.3) is 0 Å². The Hall–Kier alpha value is -1.22. The smallest absolute Gasteiger partial charge is 0.312 e. The van der Waals surface area contributed by atoms with Gasteiger partial charge in [-0.15, -0.1) is 0 Å². The van der Waals surface area contributed by atoms with E-state index in [2.05, 4.69) is 11.8 Å². The Balaban J connectivity index is 1.21. The summed E-state index contributed by atoms with van der Waals surface area (Å²) in [7, 11) is 0. The Bertz CT molecular complexity index is 773. The summed E-state index contributed by atoms with van der Waals surface area (Å²) in [5, 5.41) is 0. The Morgan fingerprint density at radius 2 is 1.83 bits per heavy atom. The number of nitrogens with zero attached hydrogens (tertiary/aromatic N) is 1. The first-order valence-corrected chi connectivity index (χ1v) is 13.8. The summed E-state index contributed by atoms with van der Waals surface area (Å²) in [5.41, 5.74) is -0.872. The van der Waals surface area contributed by atoms with Crippen LogP contribution in [-0.2, 0) is 33.3 Å². The van der Waals surface area contributed by atoms with Gasteiger partial charge in [0.05, 0.1) is 51.0 Å². The lowest BCUT2D eigenvalue weighted by Gasteiger charge is -2.39. The molecule has 0 aromatic heterocycles. The number of cyclic esters (lactones) is 1. The Labute approximate surface area is 209 Å². The van der Waals surface area contributed by atoms with Crippen molar-refractivity contribution in [3.63, 3.8) is 0 Å². The van der Waals surface area contributed by atoms with Crippen molar-refractivity contribution in [2.45, 2.75) is 76.6 Å². The first kappa shape index (κ1) is 25.4. The van der Waals surface area contributed by atoms with Crippen molar-refractivity contribution in [3.05, 3.63) is 0 Å². The minimum atomic E-state index is -0.525. The molecule has 0 amide bonds. The van der Waals surface area contributed by atoms with Crippen LogP contribution in [0.15, 0.2) is 0 Å². The highest BCUT2D eigenvalue weighted by Gasteiger charge is 2.70. The van der Waals surface area contributed by atoms with Crippen LogP contribution in [0.3, 0.4) is 0 Å². The third-order valence-corrected chi connectivity index (χ3v) is 9.47. The van der Waals surface area contributed by atoms with E-state index in [4.69, 9.17) is 23.7 Å². The van der Waals surface area contributed by atoms with E-state index in [1.165, 1.54) is 0 Å². The van der Waals surface area contributed by atoms with Crippen LogP contribution in [0.2, 0.25) is 0 Å². The molecule has 198 valence electrons. The predicted molar refractivity (Wildman–Crippen MR) is 128 cm³/mol. The van der Waals surface area contributed by atoms with Crippen LogP contribution in [0.25, 0.3) is 0 Å². The second-order valence-electron chi connectivity index (χ2n) is 11.7. The molecule has 0 aromatic rings. The average molecular weight is 494 g/mol. The SMILES string of the molecule is CCC1(OC(=O)C2C3CC(C2OCCOCCN2CCOCC2)C2C3C(=O)OC2(C)C)CCCC1. The van der Waals surface area contributed by atoms with Gasteiger partial charge in [0, 0.05) is 25.6 Å². The molecule has 0 radical (unpaired) electrons.